The van der Waals surface area contributed by atoms with Gasteiger partial charge in [-0.25, -0.2) is 4.79 Å². The van der Waals surface area contributed by atoms with Crippen molar-refractivity contribution in [3.05, 3.63) is 68.6 Å². The van der Waals surface area contributed by atoms with Gasteiger partial charge in [0, 0.05) is 15.5 Å². The van der Waals surface area contributed by atoms with Crippen LogP contribution in [0.5, 0.6) is 0 Å². The van der Waals surface area contributed by atoms with Gasteiger partial charge in [0.1, 0.15) is 6.61 Å². The first kappa shape index (κ1) is 15.1. The van der Waals surface area contributed by atoms with E-state index in [1.807, 2.05) is 48.5 Å². The number of carbonyl (C=O) groups excluding carboxylic acids is 1. The molecule has 0 bridgehead atoms. The van der Waals surface area contributed by atoms with Crippen LogP contribution >= 0.6 is 31.9 Å². The minimum Gasteiger partial charge on any atom is -0.445 e. The average Bonchev–Trinajstić information content (AvgIpc) is 2.47. The molecule has 0 aliphatic heterocycles. The van der Waals surface area contributed by atoms with Crippen LogP contribution in [0.3, 0.4) is 0 Å². The minimum absolute atomic E-state index is 0.275. The fourth-order valence-electron chi connectivity index (χ4n) is 1.60. The molecule has 0 spiro atoms. The molecule has 0 aliphatic rings. The van der Waals surface area contributed by atoms with Crippen molar-refractivity contribution in [2.45, 2.75) is 13.2 Å². The average molecular weight is 399 g/mol. The Bertz CT molecular complexity index is 588. The van der Waals surface area contributed by atoms with Crippen LogP contribution in [0.15, 0.2) is 57.5 Å². The summed E-state index contributed by atoms with van der Waals surface area (Å²) in [5.41, 5.74) is 1.96. The number of halogens is 2. The molecule has 5 heteroatoms. The maximum atomic E-state index is 11.6. The number of carbonyl (C=O) groups is 1. The summed E-state index contributed by atoms with van der Waals surface area (Å²) in [4.78, 5) is 11.6. The Labute approximate surface area is 134 Å². The number of benzene rings is 2. The molecule has 0 aliphatic carbocycles. The largest absolute Gasteiger partial charge is 0.445 e. The molecule has 20 heavy (non-hydrogen) atoms. The summed E-state index contributed by atoms with van der Waals surface area (Å²) >= 11 is 6.82. The van der Waals surface area contributed by atoms with Crippen LogP contribution in [0.2, 0.25) is 0 Å². The van der Waals surface area contributed by atoms with Gasteiger partial charge in [0.2, 0.25) is 0 Å². The van der Waals surface area contributed by atoms with Crippen molar-refractivity contribution in [3.63, 3.8) is 0 Å². The Morgan fingerprint density at radius 2 is 1.75 bits per heavy atom. The highest BCUT2D eigenvalue weighted by Crippen LogP contribution is 2.23. The van der Waals surface area contributed by atoms with Crippen molar-refractivity contribution in [2.24, 2.45) is 0 Å². The van der Waals surface area contributed by atoms with Gasteiger partial charge in [-0.1, -0.05) is 36.4 Å². The molecule has 0 saturated heterocycles. The second-order valence-corrected chi connectivity index (χ2v) is 5.87. The van der Waals surface area contributed by atoms with E-state index >= 15 is 0 Å². The van der Waals surface area contributed by atoms with Crippen molar-refractivity contribution < 1.29 is 9.53 Å². The van der Waals surface area contributed by atoms with Crippen molar-refractivity contribution in [1.29, 1.82) is 0 Å². The zero-order valence-corrected chi connectivity index (χ0v) is 13.8. The third-order valence-corrected chi connectivity index (χ3v) is 4.51. The molecule has 0 fully saturated rings. The van der Waals surface area contributed by atoms with E-state index in [1.165, 1.54) is 0 Å². The molecule has 3 nitrogen and oxygen atoms in total. The smallest absolute Gasteiger partial charge is 0.407 e. The second kappa shape index (κ2) is 7.45. The highest BCUT2D eigenvalue weighted by atomic mass is 79.9. The van der Waals surface area contributed by atoms with Gasteiger partial charge in [-0.15, -0.1) is 0 Å². The van der Waals surface area contributed by atoms with Crippen LogP contribution in [-0.4, -0.2) is 6.09 Å². The lowest BCUT2D eigenvalue weighted by Gasteiger charge is -2.08. The molecular formula is C15H13Br2NO2. The van der Waals surface area contributed by atoms with Crippen LogP contribution in [0.25, 0.3) is 0 Å². The molecule has 0 saturated carbocycles. The molecule has 2 rings (SSSR count). The van der Waals surface area contributed by atoms with E-state index in [0.717, 1.165) is 20.1 Å². The topological polar surface area (TPSA) is 38.3 Å². The Balaban J connectivity index is 1.79. The van der Waals surface area contributed by atoms with Gasteiger partial charge in [0.15, 0.2) is 0 Å². The number of hydrogen-bond acceptors (Lipinski definition) is 2. The van der Waals surface area contributed by atoms with Gasteiger partial charge in [-0.05, 0) is 55.1 Å². The van der Waals surface area contributed by atoms with Crippen molar-refractivity contribution in [3.8, 4) is 0 Å². The first-order valence-corrected chi connectivity index (χ1v) is 7.62. The van der Waals surface area contributed by atoms with Crippen LogP contribution in [-0.2, 0) is 17.9 Å². The Morgan fingerprint density at radius 3 is 2.45 bits per heavy atom. The lowest BCUT2D eigenvalue weighted by molar-refractivity contribution is 0.139. The number of ether oxygens (including phenoxy) is 1. The molecular weight excluding hydrogens is 386 g/mol. The summed E-state index contributed by atoms with van der Waals surface area (Å²) in [5.74, 6) is 0. The fourth-order valence-corrected chi connectivity index (χ4v) is 2.27. The number of amides is 1. The van der Waals surface area contributed by atoms with Gasteiger partial charge < -0.3 is 10.1 Å². The molecule has 0 heterocycles. The van der Waals surface area contributed by atoms with Crippen LogP contribution < -0.4 is 5.32 Å². The first-order valence-electron chi connectivity index (χ1n) is 6.03. The summed E-state index contributed by atoms with van der Waals surface area (Å²) in [7, 11) is 0. The molecule has 0 atom stereocenters. The van der Waals surface area contributed by atoms with Crippen LogP contribution in [0, 0.1) is 0 Å². The highest BCUT2D eigenvalue weighted by Gasteiger charge is 2.04. The molecule has 0 aromatic heterocycles. The monoisotopic (exact) mass is 397 g/mol. The van der Waals surface area contributed by atoms with E-state index in [1.54, 1.807) is 0 Å². The third-order valence-electron chi connectivity index (χ3n) is 2.63. The molecule has 1 N–H and O–H groups in total. The Kier molecular flexibility index (Phi) is 5.61. The predicted octanol–water partition coefficient (Wildman–Crippen LogP) is 4.64. The van der Waals surface area contributed by atoms with Crippen molar-refractivity contribution in [1.82, 2.24) is 5.32 Å². The number of nitrogens with one attached hydrogen (secondary N) is 1. The Morgan fingerprint density at radius 1 is 1.00 bits per heavy atom. The molecule has 2 aromatic carbocycles. The maximum Gasteiger partial charge on any atom is 0.407 e. The highest BCUT2D eigenvalue weighted by molar-refractivity contribution is 9.13. The quantitative estimate of drug-likeness (QED) is 0.814. The van der Waals surface area contributed by atoms with E-state index in [-0.39, 0.29) is 6.61 Å². The normalized spacial score (nSPS) is 10.1. The van der Waals surface area contributed by atoms with Crippen molar-refractivity contribution >= 4 is 38.0 Å². The third kappa shape index (κ3) is 4.65. The molecule has 104 valence electrons. The summed E-state index contributed by atoms with van der Waals surface area (Å²) < 4.78 is 7.07. The summed E-state index contributed by atoms with van der Waals surface area (Å²) in [6.07, 6.45) is -0.423. The van der Waals surface area contributed by atoms with E-state index in [2.05, 4.69) is 37.2 Å². The molecule has 1 amide bonds. The van der Waals surface area contributed by atoms with Gasteiger partial charge in [0.25, 0.3) is 0 Å². The van der Waals surface area contributed by atoms with E-state index in [4.69, 9.17) is 4.74 Å². The van der Waals surface area contributed by atoms with Crippen LogP contribution in [0.1, 0.15) is 11.1 Å². The minimum atomic E-state index is -0.423. The maximum absolute atomic E-state index is 11.6. The van der Waals surface area contributed by atoms with Gasteiger partial charge in [0.05, 0.1) is 0 Å². The van der Waals surface area contributed by atoms with Gasteiger partial charge in [-0.2, -0.15) is 0 Å². The predicted molar refractivity (Wildman–Crippen MR) is 85.3 cm³/mol. The number of hydrogen-bond donors (Lipinski definition) is 1. The number of alkyl carbamates (subject to hydrolysis) is 1. The summed E-state index contributed by atoms with van der Waals surface area (Å²) in [5, 5.41) is 2.72. The van der Waals surface area contributed by atoms with Gasteiger partial charge >= 0.3 is 6.09 Å². The fraction of sp³-hybridized carbons (Fsp3) is 0.133. The first-order chi connectivity index (χ1) is 9.65. The standard InChI is InChI=1S/C15H13Br2NO2/c16-13-7-6-12(8-14(13)17)9-18-15(19)20-10-11-4-2-1-3-5-11/h1-8H,9-10H2,(H,18,19). The zero-order chi connectivity index (χ0) is 14.4. The Hall–Kier alpha value is -1.33. The SMILES string of the molecule is O=C(NCc1ccc(Br)c(Br)c1)OCc1ccccc1. The van der Waals surface area contributed by atoms with Crippen molar-refractivity contribution in [2.75, 3.05) is 0 Å². The number of rotatable bonds is 4. The molecule has 2 aromatic rings. The van der Waals surface area contributed by atoms with Gasteiger partial charge in [-0.3, -0.25) is 0 Å². The lowest BCUT2D eigenvalue weighted by atomic mass is 10.2. The summed E-state index contributed by atoms with van der Waals surface area (Å²) in [6, 6.07) is 15.4. The van der Waals surface area contributed by atoms with E-state index in [9.17, 15) is 4.79 Å². The second-order valence-electron chi connectivity index (χ2n) is 4.16. The van der Waals surface area contributed by atoms with Crippen LogP contribution in [0.4, 0.5) is 4.79 Å². The zero-order valence-electron chi connectivity index (χ0n) is 10.6. The molecule has 0 radical (unpaired) electrons. The molecule has 0 unspecified atom stereocenters. The van der Waals surface area contributed by atoms with E-state index in [0.29, 0.717) is 6.54 Å². The lowest BCUT2D eigenvalue weighted by Crippen LogP contribution is -2.23. The van der Waals surface area contributed by atoms with E-state index < -0.39 is 6.09 Å². The summed E-state index contributed by atoms with van der Waals surface area (Å²) in [6.45, 7) is 0.705.